The maximum atomic E-state index is 11.6. The Bertz CT molecular complexity index is 559. The van der Waals surface area contributed by atoms with Crippen LogP contribution in [-0.4, -0.2) is 27.2 Å². The van der Waals surface area contributed by atoms with Crippen LogP contribution < -0.4 is 9.47 Å². The van der Waals surface area contributed by atoms with Gasteiger partial charge in [-0.15, -0.1) is 0 Å². The van der Waals surface area contributed by atoms with E-state index in [0.717, 1.165) is 6.26 Å². The molecule has 0 bridgehead atoms. The minimum Gasteiger partial charge on any atom is -0.454 e. The molecule has 0 saturated carbocycles. The zero-order chi connectivity index (χ0) is 11.9. The highest BCUT2D eigenvalue weighted by atomic mass is 32.2. The molecule has 2 rings (SSSR count). The van der Waals surface area contributed by atoms with Crippen LogP contribution in [0.2, 0.25) is 0 Å². The maximum absolute atomic E-state index is 11.6. The average Bonchev–Trinajstić information content (AvgIpc) is 2.61. The Morgan fingerprint density at radius 2 is 2.00 bits per heavy atom. The van der Waals surface area contributed by atoms with Crippen LogP contribution in [0.4, 0.5) is 0 Å². The summed E-state index contributed by atoms with van der Waals surface area (Å²) in [5.74, 6) is 0.166. The van der Waals surface area contributed by atoms with Crippen LogP contribution in [0.25, 0.3) is 0 Å². The Morgan fingerprint density at radius 1 is 1.31 bits per heavy atom. The smallest absolute Gasteiger partial charge is 0.231 e. The predicted octanol–water partition coefficient (Wildman–Crippen LogP) is 1.02. The molecule has 0 fully saturated rings. The highest BCUT2D eigenvalue weighted by Gasteiger charge is 2.28. The lowest BCUT2D eigenvalue weighted by atomic mass is 10.1. The molecule has 1 aliphatic rings. The van der Waals surface area contributed by atoms with Crippen molar-refractivity contribution in [2.75, 3.05) is 13.0 Å². The number of ketones is 1. The first kappa shape index (κ1) is 10.9. The maximum Gasteiger partial charge on any atom is 0.231 e. The molecule has 1 heterocycles. The van der Waals surface area contributed by atoms with Gasteiger partial charge in [0, 0.05) is 11.8 Å². The summed E-state index contributed by atoms with van der Waals surface area (Å²) >= 11 is 0. The number of hydrogen-bond acceptors (Lipinski definition) is 5. The summed E-state index contributed by atoms with van der Waals surface area (Å²) in [5, 5.41) is 0. The quantitative estimate of drug-likeness (QED) is 0.724. The molecule has 16 heavy (non-hydrogen) atoms. The molecular weight excluding hydrogens is 232 g/mol. The minimum atomic E-state index is -3.53. The Labute approximate surface area is 92.9 Å². The number of ether oxygens (including phenoxy) is 2. The van der Waals surface area contributed by atoms with Gasteiger partial charge in [-0.25, -0.2) is 8.42 Å². The van der Waals surface area contributed by atoms with E-state index in [1.807, 2.05) is 0 Å². The number of carbonyl (C=O) groups is 1. The molecular formula is C10H10O5S. The lowest BCUT2D eigenvalue weighted by Gasteiger charge is -2.07. The zero-order valence-electron chi connectivity index (χ0n) is 8.81. The molecule has 0 unspecified atom stereocenters. The molecule has 6 heteroatoms. The van der Waals surface area contributed by atoms with E-state index in [1.54, 1.807) is 0 Å². The van der Waals surface area contributed by atoms with E-state index in [2.05, 4.69) is 0 Å². The summed E-state index contributed by atoms with van der Waals surface area (Å²) in [5.41, 5.74) is 0.131. The van der Waals surface area contributed by atoms with E-state index in [-0.39, 0.29) is 28.8 Å². The van der Waals surface area contributed by atoms with E-state index in [4.69, 9.17) is 9.47 Å². The van der Waals surface area contributed by atoms with E-state index < -0.39 is 9.84 Å². The fraction of sp³-hybridized carbons (Fsp3) is 0.300. The van der Waals surface area contributed by atoms with Crippen molar-refractivity contribution >= 4 is 15.6 Å². The van der Waals surface area contributed by atoms with Crippen molar-refractivity contribution in [3.05, 3.63) is 17.7 Å². The number of Topliss-reactive ketones (excluding diaryl/α,β-unsaturated/α-hetero) is 1. The first-order valence-electron chi connectivity index (χ1n) is 4.55. The molecule has 1 aromatic rings. The van der Waals surface area contributed by atoms with Gasteiger partial charge in [0.05, 0.1) is 0 Å². The molecule has 1 aromatic carbocycles. The molecule has 0 spiro atoms. The number of sulfone groups is 1. The third-order valence-electron chi connectivity index (χ3n) is 2.24. The van der Waals surface area contributed by atoms with Gasteiger partial charge in [-0.3, -0.25) is 4.79 Å². The SMILES string of the molecule is CC(=O)c1ccc2c(c1S(C)(=O)=O)OCO2. The summed E-state index contributed by atoms with van der Waals surface area (Å²) < 4.78 is 33.4. The second-order valence-electron chi connectivity index (χ2n) is 3.50. The normalized spacial score (nSPS) is 13.9. The van der Waals surface area contributed by atoms with E-state index in [1.165, 1.54) is 19.1 Å². The Kier molecular flexibility index (Phi) is 2.38. The largest absolute Gasteiger partial charge is 0.454 e. The molecule has 5 nitrogen and oxygen atoms in total. The highest BCUT2D eigenvalue weighted by Crippen LogP contribution is 2.40. The number of fused-ring (bicyclic) bond motifs is 1. The first-order chi connectivity index (χ1) is 7.41. The molecule has 86 valence electrons. The summed E-state index contributed by atoms with van der Waals surface area (Å²) in [7, 11) is -3.53. The van der Waals surface area contributed by atoms with Gasteiger partial charge in [0.2, 0.25) is 6.79 Å². The molecule has 0 aromatic heterocycles. The van der Waals surface area contributed by atoms with Crippen LogP contribution >= 0.6 is 0 Å². The Morgan fingerprint density at radius 3 is 2.56 bits per heavy atom. The summed E-state index contributed by atoms with van der Waals surface area (Å²) in [4.78, 5) is 11.3. The van der Waals surface area contributed by atoms with Crippen molar-refractivity contribution < 1.29 is 22.7 Å². The van der Waals surface area contributed by atoms with Crippen molar-refractivity contribution in [1.29, 1.82) is 0 Å². The average molecular weight is 242 g/mol. The van der Waals surface area contributed by atoms with E-state index >= 15 is 0 Å². The standard InChI is InChI=1S/C10H10O5S/c1-6(11)7-3-4-8-9(15-5-14-8)10(7)16(2,12)13/h3-4H,5H2,1-2H3. The van der Waals surface area contributed by atoms with Crippen LogP contribution in [0.1, 0.15) is 17.3 Å². The molecule has 0 radical (unpaired) electrons. The number of carbonyl (C=O) groups excluding carboxylic acids is 1. The molecule has 0 atom stereocenters. The van der Waals surface area contributed by atoms with Gasteiger partial charge in [0.1, 0.15) is 4.90 Å². The van der Waals surface area contributed by atoms with Gasteiger partial charge in [0.15, 0.2) is 27.1 Å². The number of benzene rings is 1. The highest BCUT2D eigenvalue weighted by molar-refractivity contribution is 7.91. The summed E-state index contributed by atoms with van der Waals surface area (Å²) in [6.45, 7) is 1.28. The van der Waals surface area contributed by atoms with Crippen molar-refractivity contribution in [1.82, 2.24) is 0 Å². The van der Waals surface area contributed by atoms with E-state index in [0.29, 0.717) is 5.75 Å². The topological polar surface area (TPSA) is 69.7 Å². The monoisotopic (exact) mass is 242 g/mol. The molecule has 0 amide bonds. The summed E-state index contributed by atoms with van der Waals surface area (Å²) in [6, 6.07) is 2.97. The lowest BCUT2D eigenvalue weighted by molar-refractivity contribution is 0.101. The Balaban J connectivity index is 2.80. The molecule has 0 N–H and O–H groups in total. The second-order valence-corrected chi connectivity index (χ2v) is 5.46. The van der Waals surface area contributed by atoms with Crippen LogP contribution in [0.15, 0.2) is 17.0 Å². The summed E-state index contributed by atoms with van der Waals surface area (Å²) in [6.07, 6.45) is 1.04. The van der Waals surface area contributed by atoms with Gasteiger partial charge in [0.25, 0.3) is 0 Å². The van der Waals surface area contributed by atoms with Crippen molar-refractivity contribution in [3.8, 4) is 11.5 Å². The van der Waals surface area contributed by atoms with Gasteiger partial charge < -0.3 is 9.47 Å². The predicted molar refractivity (Wildman–Crippen MR) is 55.7 cm³/mol. The third-order valence-corrected chi connectivity index (χ3v) is 3.39. The van der Waals surface area contributed by atoms with Crippen LogP contribution in [0, 0.1) is 0 Å². The fourth-order valence-corrected chi connectivity index (χ4v) is 2.70. The van der Waals surface area contributed by atoms with Crippen LogP contribution in [0.3, 0.4) is 0 Å². The molecule has 0 saturated heterocycles. The van der Waals surface area contributed by atoms with Gasteiger partial charge in [-0.1, -0.05) is 0 Å². The van der Waals surface area contributed by atoms with Gasteiger partial charge in [-0.2, -0.15) is 0 Å². The number of hydrogen-bond donors (Lipinski definition) is 0. The fourth-order valence-electron chi connectivity index (χ4n) is 1.59. The van der Waals surface area contributed by atoms with Crippen molar-refractivity contribution in [3.63, 3.8) is 0 Å². The van der Waals surface area contributed by atoms with Crippen LogP contribution in [0.5, 0.6) is 11.5 Å². The van der Waals surface area contributed by atoms with Crippen LogP contribution in [-0.2, 0) is 9.84 Å². The van der Waals surface area contributed by atoms with Crippen molar-refractivity contribution in [2.24, 2.45) is 0 Å². The van der Waals surface area contributed by atoms with Crippen molar-refractivity contribution in [2.45, 2.75) is 11.8 Å². The Hall–Kier alpha value is -1.56. The van der Waals surface area contributed by atoms with Gasteiger partial charge >= 0.3 is 0 Å². The molecule has 1 aliphatic heterocycles. The zero-order valence-corrected chi connectivity index (χ0v) is 9.63. The lowest BCUT2D eigenvalue weighted by Crippen LogP contribution is -2.07. The number of rotatable bonds is 2. The van der Waals surface area contributed by atoms with Gasteiger partial charge in [-0.05, 0) is 19.1 Å². The molecule has 0 aliphatic carbocycles. The second kappa shape index (κ2) is 3.48. The first-order valence-corrected chi connectivity index (χ1v) is 6.44. The van der Waals surface area contributed by atoms with E-state index in [9.17, 15) is 13.2 Å². The minimum absolute atomic E-state index is 0.0286. The third kappa shape index (κ3) is 1.65.